The molecule has 3 N–H and O–H groups in total. The number of carbonyl (C=O) groups excluding carboxylic acids is 3. The third kappa shape index (κ3) is 7.80. The Labute approximate surface area is 283 Å². The highest BCUT2D eigenvalue weighted by Gasteiger charge is 2.46. The summed E-state index contributed by atoms with van der Waals surface area (Å²) in [5.41, 5.74) is 8.44. The number of nitrogens with zero attached hydrogens (tertiary/aromatic N) is 3. The van der Waals surface area contributed by atoms with Crippen LogP contribution in [0.3, 0.4) is 0 Å². The Hall–Kier alpha value is -4.71. The van der Waals surface area contributed by atoms with Crippen LogP contribution in [-0.2, 0) is 24.6 Å². The van der Waals surface area contributed by atoms with Gasteiger partial charge in [0.05, 0.1) is 5.41 Å². The van der Waals surface area contributed by atoms with Crippen molar-refractivity contribution in [3.05, 3.63) is 108 Å². The average molecular weight is 679 g/mol. The van der Waals surface area contributed by atoms with Gasteiger partial charge in [0.25, 0.3) is 0 Å². The summed E-state index contributed by atoms with van der Waals surface area (Å²) in [6, 6.07) is 29.6. The van der Waals surface area contributed by atoms with Crippen LogP contribution in [0.15, 0.2) is 91.0 Å². The second-order valence-electron chi connectivity index (χ2n) is 12.8. The van der Waals surface area contributed by atoms with Crippen molar-refractivity contribution in [2.75, 3.05) is 26.2 Å². The van der Waals surface area contributed by atoms with Crippen LogP contribution < -0.4 is 5.73 Å². The molecule has 3 aliphatic heterocycles. The Kier molecular flexibility index (Phi) is 11.1. The normalized spacial score (nSPS) is 20.9. The van der Waals surface area contributed by atoms with Crippen LogP contribution in [0.1, 0.15) is 55.2 Å². The summed E-state index contributed by atoms with van der Waals surface area (Å²) in [6.45, 7) is 2.28. The van der Waals surface area contributed by atoms with Crippen LogP contribution in [0.2, 0.25) is 0 Å². The minimum absolute atomic E-state index is 0.000855. The summed E-state index contributed by atoms with van der Waals surface area (Å²) in [5, 5.41) is 7.12. The zero-order valence-electron chi connectivity index (χ0n) is 27.1. The molecule has 1 unspecified atom stereocenters. The molecular weight excluding hydrogens is 637 g/mol. The maximum Gasteiger partial charge on any atom is 0.490 e. The molecule has 3 saturated heterocycles. The number of rotatable bonds is 7. The first kappa shape index (κ1) is 35.6. The van der Waals surface area contributed by atoms with Crippen molar-refractivity contribution >= 4 is 23.7 Å². The molecule has 0 saturated carbocycles. The first-order valence-corrected chi connectivity index (χ1v) is 16.5. The first-order valence-electron chi connectivity index (χ1n) is 16.5. The summed E-state index contributed by atoms with van der Waals surface area (Å²) in [5.74, 6) is -2.90. The Morgan fingerprint density at radius 1 is 0.673 bits per heavy atom. The summed E-state index contributed by atoms with van der Waals surface area (Å²) in [4.78, 5) is 56.1. The number of likely N-dealkylation sites (tertiary alicyclic amines) is 3. The van der Waals surface area contributed by atoms with E-state index in [9.17, 15) is 27.6 Å². The highest BCUT2D eigenvalue weighted by molar-refractivity contribution is 5.93. The lowest BCUT2D eigenvalue weighted by atomic mass is 9.67. The predicted octanol–water partition coefficient (Wildman–Crippen LogP) is 4.59. The van der Waals surface area contributed by atoms with Crippen molar-refractivity contribution in [2.24, 2.45) is 5.73 Å². The Morgan fingerprint density at radius 3 is 1.51 bits per heavy atom. The van der Waals surface area contributed by atoms with E-state index in [2.05, 4.69) is 36.4 Å². The van der Waals surface area contributed by atoms with Gasteiger partial charge in [0.2, 0.25) is 17.7 Å². The molecular formula is C37H41F3N4O5. The fourth-order valence-electron chi connectivity index (χ4n) is 7.30. The van der Waals surface area contributed by atoms with Crippen molar-refractivity contribution in [3.63, 3.8) is 0 Å². The monoisotopic (exact) mass is 678 g/mol. The number of carbonyl (C=O) groups is 4. The van der Waals surface area contributed by atoms with Crippen LogP contribution >= 0.6 is 0 Å². The second kappa shape index (κ2) is 15.2. The number of amides is 3. The number of carboxylic acids is 1. The molecule has 3 amide bonds. The third-order valence-electron chi connectivity index (χ3n) is 9.67. The Bertz CT molecular complexity index is 1510. The number of carboxylic acid groups (broad SMARTS) is 1. The van der Waals surface area contributed by atoms with Gasteiger partial charge in [-0.15, -0.1) is 0 Å². The van der Waals surface area contributed by atoms with E-state index in [0.717, 1.165) is 36.0 Å². The highest BCUT2D eigenvalue weighted by atomic mass is 19.4. The Morgan fingerprint density at radius 2 is 1.10 bits per heavy atom. The molecule has 3 aromatic carbocycles. The van der Waals surface area contributed by atoms with Gasteiger partial charge in [-0.3, -0.25) is 14.4 Å². The number of halogens is 3. The molecule has 3 heterocycles. The van der Waals surface area contributed by atoms with Gasteiger partial charge in [0.1, 0.15) is 12.1 Å². The minimum atomic E-state index is -5.08. The second-order valence-corrected chi connectivity index (χ2v) is 12.8. The van der Waals surface area contributed by atoms with E-state index in [-0.39, 0.29) is 30.2 Å². The number of nitrogens with two attached hydrogens (primary N) is 1. The molecule has 3 aromatic rings. The smallest absolute Gasteiger partial charge is 0.475 e. The van der Waals surface area contributed by atoms with E-state index in [1.54, 1.807) is 9.80 Å². The number of aliphatic carboxylic acids is 1. The van der Waals surface area contributed by atoms with Crippen molar-refractivity contribution < 1.29 is 37.5 Å². The Balaban J connectivity index is 0.000000606. The summed E-state index contributed by atoms with van der Waals surface area (Å²) in [6.07, 6.45) is -1.25. The standard InChI is InChI=1S/C35H40N4O3.C2HF3O2/c36-29-20-23-37(25-29)33(41)30-18-11-22-39(30)34(42)31-19-10-21-38(31)32(40)24-35(26-12-4-1-5-13-26,27-14-6-2-7-15-27)28-16-8-3-9-17-28;3-2(4,5)1(6)7/h1-9,12-17,29-31H,10-11,18-25,36H2;(H,6,7)/t29?,30-,31+;/m1./s1. The maximum atomic E-state index is 14.4. The molecule has 0 aromatic heterocycles. The fourth-order valence-corrected chi connectivity index (χ4v) is 7.30. The zero-order valence-corrected chi connectivity index (χ0v) is 27.1. The first-order chi connectivity index (χ1) is 23.4. The summed E-state index contributed by atoms with van der Waals surface area (Å²) in [7, 11) is 0. The van der Waals surface area contributed by atoms with E-state index >= 15 is 0 Å². The quantitative estimate of drug-likeness (QED) is 0.353. The van der Waals surface area contributed by atoms with E-state index in [4.69, 9.17) is 15.6 Å². The minimum Gasteiger partial charge on any atom is -0.475 e. The van der Waals surface area contributed by atoms with E-state index in [0.29, 0.717) is 39.0 Å². The topological polar surface area (TPSA) is 124 Å². The SMILES string of the molecule is NC1CCN(C(=O)[C@H]2CCCN2C(=O)[C@@H]2CCCN2C(=O)CC(c2ccccc2)(c2ccccc2)c2ccccc2)C1.O=C(O)C(F)(F)F. The maximum absolute atomic E-state index is 14.4. The lowest BCUT2D eigenvalue weighted by Gasteiger charge is -2.38. The van der Waals surface area contributed by atoms with E-state index in [1.807, 2.05) is 59.5 Å². The van der Waals surface area contributed by atoms with Gasteiger partial charge < -0.3 is 25.5 Å². The van der Waals surface area contributed by atoms with Crippen molar-refractivity contribution in [1.82, 2.24) is 14.7 Å². The van der Waals surface area contributed by atoms with Crippen molar-refractivity contribution in [1.29, 1.82) is 0 Å². The molecule has 49 heavy (non-hydrogen) atoms. The van der Waals surface area contributed by atoms with Crippen molar-refractivity contribution in [2.45, 2.75) is 68.2 Å². The zero-order chi connectivity index (χ0) is 35.2. The molecule has 0 aliphatic carbocycles. The number of hydrogen-bond donors (Lipinski definition) is 2. The van der Waals surface area contributed by atoms with Gasteiger partial charge in [0.15, 0.2) is 0 Å². The lowest BCUT2D eigenvalue weighted by Crippen LogP contribution is -2.54. The number of benzene rings is 3. The van der Waals surface area contributed by atoms with Crippen molar-refractivity contribution in [3.8, 4) is 0 Å². The molecule has 0 bridgehead atoms. The molecule has 9 nitrogen and oxygen atoms in total. The summed E-state index contributed by atoms with van der Waals surface area (Å²) < 4.78 is 31.7. The van der Waals surface area contributed by atoms with E-state index in [1.165, 1.54) is 0 Å². The van der Waals surface area contributed by atoms with Gasteiger partial charge in [-0.25, -0.2) is 4.79 Å². The van der Waals surface area contributed by atoms with Gasteiger partial charge in [-0.1, -0.05) is 91.0 Å². The van der Waals surface area contributed by atoms with Gasteiger partial charge in [-0.2, -0.15) is 13.2 Å². The molecule has 0 spiro atoms. The molecule has 6 rings (SSSR count). The van der Waals surface area contributed by atoms with E-state index < -0.39 is 29.6 Å². The molecule has 12 heteroatoms. The lowest BCUT2D eigenvalue weighted by molar-refractivity contribution is -0.192. The molecule has 3 aliphatic rings. The number of alkyl halides is 3. The summed E-state index contributed by atoms with van der Waals surface area (Å²) >= 11 is 0. The van der Waals surface area contributed by atoms with Crippen LogP contribution in [-0.4, -0.2) is 94.0 Å². The third-order valence-corrected chi connectivity index (χ3v) is 9.67. The van der Waals surface area contributed by atoms with Crippen LogP contribution in [0, 0.1) is 0 Å². The molecule has 260 valence electrons. The largest absolute Gasteiger partial charge is 0.490 e. The van der Waals surface area contributed by atoms with Crippen LogP contribution in [0.25, 0.3) is 0 Å². The molecule has 3 atom stereocenters. The van der Waals surface area contributed by atoms with Gasteiger partial charge in [0, 0.05) is 38.6 Å². The van der Waals surface area contributed by atoms with Crippen LogP contribution in [0.5, 0.6) is 0 Å². The predicted molar refractivity (Wildman–Crippen MR) is 176 cm³/mol. The van der Waals surface area contributed by atoms with Gasteiger partial charge in [-0.05, 0) is 48.8 Å². The molecule has 3 fully saturated rings. The average Bonchev–Trinajstić information content (AvgIpc) is 3.89. The highest BCUT2D eigenvalue weighted by Crippen LogP contribution is 2.43. The number of hydrogen-bond acceptors (Lipinski definition) is 5. The fraction of sp³-hybridized carbons (Fsp3) is 0.405. The molecule has 0 radical (unpaired) electrons. The van der Waals surface area contributed by atoms with Gasteiger partial charge >= 0.3 is 12.1 Å². The van der Waals surface area contributed by atoms with Crippen LogP contribution in [0.4, 0.5) is 13.2 Å².